The fraction of sp³-hybridized carbons (Fsp3) is 0.0909. The molecule has 140 valence electrons. The molecule has 0 spiro atoms. The van der Waals surface area contributed by atoms with Crippen LogP contribution in [0, 0.1) is 6.92 Å². The highest BCUT2D eigenvalue weighted by molar-refractivity contribution is 6.01. The van der Waals surface area contributed by atoms with Crippen molar-refractivity contribution in [2.24, 2.45) is 0 Å². The monoisotopic (exact) mass is 379 g/mol. The van der Waals surface area contributed by atoms with E-state index in [9.17, 15) is 13.2 Å². The lowest BCUT2D eigenvalue weighted by Crippen LogP contribution is -2.06. The van der Waals surface area contributed by atoms with Gasteiger partial charge in [0.25, 0.3) is 0 Å². The second kappa shape index (κ2) is 6.96. The van der Waals surface area contributed by atoms with E-state index in [0.717, 1.165) is 39.7 Å². The Morgan fingerprint density at radius 3 is 2.32 bits per heavy atom. The van der Waals surface area contributed by atoms with Crippen LogP contribution in [0.3, 0.4) is 0 Å². The number of hydrogen-bond acceptors (Lipinski definition) is 3. The summed E-state index contributed by atoms with van der Waals surface area (Å²) in [5.41, 5.74) is 2.26. The van der Waals surface area contributed by atoms with Gasteiger partial charge in [-0.05, 0) is 31.2 Å². The lowest BCUT2D eigenvalue weighted by atomic mass is 10.0. The van der Waals surface area contributed by atoms with Gasteiger partial charge in [0.2, 0.25) is 0 Å². The molecule has 1 heterocycles. The molecule has 0 amide bonds. The first-order valence-corrected chi connectivity index (χ1v) is 8.68. The molecule has 3 aromatic carbocycles. The number of hydrogen-bond donors (Lipinski definition) is 1. The number of aromatic nitrogens is 2. The zero-order valence-corrected chi connectivity index (χ0v) is 15.0. The number of fused-ring (bicyclic) bond motifs is 1. The van der Waals surface area contributed by atoms with Crippen LogP contribution in [0.4, 0.5) is 24.7 Å². The standard InChI is InChI=1S/C22H16F3N3/c1-14-10-11-18-19(12-14)21(28-27-20(18)15-6-3-2-4-7-15)26-17-9-5-8-16(13-17)22(23,24)25/h2-13H,1H3,(H,26,28). The first-order chi connectivity index (χ1) is 13.4. The van der Waals surface area contributed by atoms with E-state index in [1.165, 1.54) is 6.07 Å². The van der Waals surface area contributed by atoms with Crippen molar-refractivity contribution in [2.45, 2.75) is 13.1 Å². The summed E-state index contributed by atoms with van der Waals surface area (Å²) in [6.07, 6.45) is -4.40. The van der Waals surface area contributed by atoms with E-state index in [1.807, 2.05) is 55.5 Å². The zero-order chi connectivity index (χ0) is 19.7. The number of benzene rings is 3. The topological polar surface area (TPSA) is 37.8 Å². The van der Waals surface area contributed by atoms with Crippen molar-refractivity contribution in [3.05, 3.63) is 83.9 Å². The van der Waals surface area contributed by atoms with Crippen LogP contribution in [-0.4, -0.2) is 10.2 Å². The van der Waals surface area contributed by atoms with E-state index < -0.39 is 11.7 Å². The molecule has 28 heavy (non-hydrogen) atoms. The molecule has 0 radical (unpaired) electrons. The Labute approximate surface area is 159 Å². The van der Waals surface area contributed by atoms with E-state index in [4.69, 9.17) is 0 Å². The number of halogens is 3. The molecule has 0 atom stereocenters. The van der Waals surface area contributed by atoms with E-state index in [2.05, 4.69) is 15.5 Å². The fourth-order valence-corrected chi connectivity index (χ4v) is 3.08. The minimum atomic E-state index is -4.40. The van der Waals surface area contributed by atoms with E-state index >= 15 is 0 Å². The highest BCUT2D eigenvalue weighted by Crippen LogP contribution is 2.34. The Morgan fingerprint density at radius 2 is 1.57 bits per heavy atom. The largest absolute Gasteiger partial charge is 0.416 e. The van der Waals surface area contributed by atoms with Crippen molar-refractivity contribution < 1.29 is 13.2 Å². The van der Waals surface area contributed by atoms with Crippen LogP contribution in [0.1, 0.15) is 11.1 Å². The maximum Gasteiger partial charge on any atom is 0.416 e. The molecule has 6 heteroatoms. The van der Waals surface area contributed by atoms with Gasteiger partial charge >= 0.3 is 6.18 Å². The Kier molecular flexibility index (Phi) is 4.47. The molecule has 0 unspecified atom stereocenters. The third kappa shape index (κ3) is 3.53. The van der Waals surface area contributed by atoms with Crippen LogP contribution in [0.2, 0.25) is 0 Å². The number of anilines is 2. The summed E-state index contributed by atoms with van der Waals surface area (Å²) in [5.74, 6) is 0.415. The van der Waals surface area contributed by atoms with Gasteiger partial charge in [-0.1, -0.05) is 54.1 Å². The van der Waals surface area contributed by atoms with Gasteiger partial charge in [-0.3, -0.25) is 0 Å². The molecule has 0 saturated heterocycles. The third-order valence-corrected chi connectivity index (χ3v) is 4.44. The van der Waals surface area contributed by atoms with Crippen molar-refractivity contribution in [3.8, 4) is 11.3 Å². The van der Waals surface area contributed by atoms with E-state index in [-0.39, 0.29) is 0 Å². The molecule has 4 rings (SSSR count). The van der Waals surface area contributed by atoms with Crippen LogP contribution in [-0.2, 0) is 6.18 Å². The summed E-state index contributed by atoms with van der Waals surface area (Å²) in [6, 6.07) is 20.6. The number of rotatable bonds is 3. The average molecular weight is 379 g/mol. The number of nitrogens with one attached hydrogen (secondary N) is 1. The Morgan fingerprint density at radius 1 is 0.786 bits per heavy atom. The fourth-order valence-electron chi connectivity index (χ4n) is 3.08. The number of aryl methyl sites for hydroxylation is 1. The summed E-state index contributed by atoms with van der Waals surface area (Å²) in [7, 11) is 0. The van der Waals surface area contributed by atoms with Gasteiger partial charge in [-0.2, -0.15) is 13.2 Å². The number of alkyl halides is 3. The van der Waals surface area contributed by atoms with Gasteiger partial charge < -0.3 is 5.32 Å². The second-order valence-electron chi connectivity index (χ2n) is 6.52. The molecule has 4 aromatic rings. The van der Waals surface area contributed by atoms with Gasteiger partial charge in [-0.15, -0.1) is 10.2 Å². The lowest BCUT2D eigenvalue weighted by molar-refractivity contribution is -0.137. The molecular formula is C22H16F3N3. The van der Waals surface area contributed by atoms with Crippen molar-refractivity contribution in [1.82, 2.24) is 10.2 Å². The molecule has 0 saturated carbocycles. The molecular weight excluding hydrogens is 363 g/mol. The molecule has 0 aliphatic rings. The lowest BCUT2D eigenvalue weighted by Gasteiger charge is -2.13. The predicted molar refractivity (Wildman–Crippen MR) is 104 cm³/mol. The molecule has 3 nitrogen and oxygen atoms in total. The van der Waals surface area contributed by atoms with Crippen molar-refractivity contribution >= 4 is 22.3 Å². The van der Waals surface area contributed by atoms with Crippen LogP contribution >= 0.6 is 0 Å². The highest BCUT2D eigenvalue weighted by Gasteiger charge is 2.30. The molecule has 1 aromatic heterocycles. The Hall–Kier alpha value is -3.41. The van der Waals surface area contributed by atoms with Gasteiger partial charge in [0.1, 0.15) is 5.69 Å². The minimum absolute atomic E-state index is 0.305. The molecule has 1 N–H and O–H groups in total. The maximum atomic E-state index is 13.0. The van der Waals surface area contributed by atoms with Crippen molar-refractivity contribution in [3.63, 3.8) is 0 Å². The van der Waals surface area contributed by atoms with Gasteiger partial charge in [-0.25, -0.2) is 0 Å². The van der Waals surface area contributed by atoms with Crippen molar-refractivity contribution in [1.29, 1.82) is 0 Å². The quantitative estimate of drug-likeness (QED) is 0.450. The predicted octanol–water partition coefficient (Wildman–Crippen LogP) is 6.37. The molecule has 0 aliphatic heterocycles. The summed E-state index contributed by atoms with van der Waals surface area (Å²) >= 11 is 0. The minimum Gasteiger partial charge on any atom is -0.338 e. The first kappa shape index (κ1) is 18.0. The van der Waals surface area contributed by atoms with Gasteiger partial charge in [0.05, 0.1) is 5.56 Å². The second-order valence-corrected chi connectivity index (χ2v) is 6.52. The van der Waals surface area contributed by atoms with Crippen LogP contribution in [0.15, 0.2) is 72.8 Å². The Bertz CT molecular complexity index is 1140. The molecule has 0 aliphatic carbocycles. The summed E-state index contributed by atoms with van der Waals surface area (Å²) in [5, 5.41) is 13.3. The smallest absolute Gasteiger partial charge is 0.338 e. The average Bonchev–Trinajstić information content (AvgIpc) is 2.68. The maximum absolute atomic E-state index is 13.0. The van der Waals surface area contributed by atoms with E-state index in [0.29, 0.717) is 11.5 Å². The SMILES string of the molecule is Cc1ccc2c(-c3ccccc3)nnc(Nc3cccc(C(F)(F)F)c3)c2c1. The van der Waals surface area contributed by atoms with Gasteiger partial charge in [0.15, 0.2) is 5.82 Å². The summed E-state index contributed by atoms with van der Waals surface area (Å²) < 4.78 is 39.0. The number of nitrogens with zero attached hydrogens (tertiary/aromatic N) is 2. The zero-order valence-electron chi connectivity index (χ0n) is 15.0. The third-order valence-electron chi connectivity index (χ3n) is 4.44. The molecule has 0 fully saturated rings. The van der Waals surface area contributed by atoms with Gasteiger partial charge in [0, 0.05) is 22.0 Å². The summed E-state index contributed by atoms with van der Waals surface area (Å²) in [6.45, 7) is 1.95. The molecule has 0 bridgehead atoms. The highest BCUT2D eigenvalue weighted by atomic mass is 19.4. The van der Waals surface area contributed by atoms with Crippen LogP contribution < -0.4 is 5.32 Å². The van der Waals surface area contributed by atoms with Crippen molar-refractivity contribution in [2.75, 3.05) is 5.32 Å². The Balaban J connectivity index is 1.82. The van der Waals surface area contributed by atoms with E-state index in [1.54, 1.807) is 6.07 Å². The van der Waals surface area contributed by atoms with Crippen LogP contribution in [0.5, 0.6) is 0 Å². The first-order valence-electron chi connectivity index (χ1n) is 8.68. The normalized spacial score (nSPS) is 11.6. The van der Waals surface area contributed by atoms with Crippen LogP contribution in [0.25, 0.3) is 22.0 Å². The summed E-state index contributed by atoms with van der Waals surface area (Å²) in [4.78, 5) is 0.